The van der Waals surface area contributed by atoms with Gasteiger partial charge in [0.15, 0.2) is 15.6 Å². The van der Waals surface area contributed by atoms with Crippen LogP contribution < -0.4 is 5.73 Å². The number of Topliss-reactive ketones (excluding diaryl/α,β-unsaturated/α-hetero) is 1. The van der Waals surface area contributed by atoms with Gasteiger partial charge in [0.2, 0.25) is 5.91 Å². The second-order valence-corrected chi connectivity index (χ2v) is 7.32. The Kier molecular flexibility index (Phi) is 4.95. The summed E-state index contributed by atoms with van der Waals surface area (Å²) in [6, 6.07) is 12.6. The Hall–Kier alpha value is -2.47. The minimum absolute atomic E-state index is 0.102. The zero-order valence-electron chi connectivity index (χ0n) is 12.7. The van der Waals surface area contributed by atoms with Gasteiger partial charge in [-0.25, -0.2) is 8.42 Å². The summed E-state index contributed by atoms with van der Waals surface area (Å²) in [6.07, 6.45) is -0.208. The molecule has 0 saturated heterocycles. The average Bonchev–Trinajstić information content (AvgIpc) is 2.53. The zero-order valence-corrected chi connectivity index (χ0v) is 13.5. The van der Waals surface area contributed by atoms with Crippen molar-refractivity contribution in [1.82, 2.24) is 0 Å². The summed E-state index contributed by atoms with van der Waals surface area (Å²) < 4.78 is 24.5. The minimum atomic E-state index is -3.55. The molecule has 0 spiro atoms. The highest BCUT2D eigenvalue weighted by molar-refractivity contribution is 7.91. The Balaban J connectivity index is 2.16. The Morgan fingerprint density at radius 1 is 0.957 bits per heavy atom. The molecule has 0 atom stereocenters. The SMILES string of the molecule is Cc1ccc(S(=O)(=O)CCC(=O)c2ccccc2C(N)=O)cc1. The van der Waals surface area contributed by atoms with E-state index in [1.54, 1.807) is 24.3 Å². The number of carbonyl (C=O) groups excluding carboxylic acids is 2. The van der Waals surface area contributed by atoms with Crippen LogP contribution in [0.4, 0.5) is 0 Å². The molecule has 2 rings (SSSR count). The summed E-state index contributed by atoms with van der Waals surface area (Å²) in [6.45, 7) is 1.86. The number of benzene rings is 2. The van der Waals surface area contributed by atoms with Crippen molar-refractivity contribution in [2.24, 2.45) is 5.73 Å². The third-order valence-electron chi connectivity index (χ3n) is 3.47. The second kappa shape index (κ2) is 6.75. The number of rotatable bonds is 6. The fourth-order valence-corrected chi connectivity index (χ4v) is 3.41. The lowest BCUT2D eigenvalue weighted by Crippen LogP contribution is -2.18. The van der Waals surface area contributed by atoms with Crippen molar-refractivity contribution in [3.63, 3.8) is 0 Å². The van der Waals surface area contributed by atoms with Crippen LogP contribution in [0.5, 0.6) is 0 Å². The van der Waals surface area contributed by atoms with Crippen LogP contribution in [0.1, 0.15) is 32.7 Å². The van der Waals surface area contributed by atoms with Gasteiger partial charge >= 0.3 is 0 Å². The number of aryl methyl sites for hydroxylation is 1. The van der Waals surface area contributed by atoms with Gasteiger partial charge in [0.25, 0.3) is 0 Å². The molecule has 0 unspecified atom stereocenters. The maximum absolute atomic E-state index is 12.3. The monoisotopic (exact) mass is 331 g/mol. The van der Waals surface area contributed by atoms with E-state index >= 15 is 0 Å². The van der Waals surface area contributed by atoms with Crippen molar-refractivity contribution in [3.8, 4) is 0 Å². The molecule has 0 aliphatic carbocycles. The van der Waals surface area contributed by atoms with Crippen molar-refractivity contribution in [2.45, 2.75) is 18.2 Å². The molecule has 0 saturated carbocycles. The van der Waals surface area contributed by atoms with Gasteiger partial charge in [-0.1, -0.05) is 35.9 Å². The smallest absolute Gasteiger partial charge is 0.249 e. The highest BCUT2D eigenvalue weighted by atomic mass is 32.2. The molecule has 0 bridgehead atoms. The van der Waals surface area contributed by atoms with Gasteiger partial charge in [-0.3, -0.25) is 9.59 Å². The number of ketones is 1. The average molecular weight is 331 g/mol. The molecule has 0 fully saturated rings. The first kappa shape index (κ1) is 16.9. The molecule has 6 heteroatoms. The fraction of sp³-hybridized carbons (Fsp3) is 0.176. The van der Waals surface area contributed by atoms with E-state index in [0.717, 1.165) is 5.56 Å². The standard InChI is InChI=1S/C17H17NO4S/c1-12-6-8-13(9-7-12)23(21,22)11-10-16(19)14-4-2-3-5-15(14)17(18)20/h2-9H,10-11H2,1H3,(H2,18,20). The van der Waals surface area contributed by atoms with Crippen molar-refractivity contribution in [3.05, 3.63) is 65.2 Å². The van der Waals surface area contributed by atoms with E-state index in [1.807, 2.05) is 6.92 Å². The molecule has 120 valence electrons. The van der Waals surface area contributed by atoms with Crippen molar-refractivity contribution < 1.29 is 18.0 Å². The lowest BCUT2D eigenvalue weighted by molar-refractivity contribution is 0.0961. The van der Waals surface area contributed by atoms with E-state index in [-0.39, 0.29) is 28.2 Å². The Morgan fingerprint density at radius 3 is 2.09 bits per heavy atom. The molecule has 2 aromatic rings. The summed E-state index contributed by atoms with van der Waals surface area (Å²) >= 11 is 0. The lowest BCUT2D eigenvalue weighted by Gasteiger charge is -2.07. The fourth-order valence-electron chi connectivity index (χ4n) is 2.17. The van der Waals surface area contributed by atoms with Crippen LogP contribution in [0.15, 0.2) is 53.4 Å². The summed E-state index contributed by atoms with van der Waals surface area (Å²) in [5.74, 6) is -1.45. The van der Waals surface area contributed by atoms with Gasteiger partial charge in [-0.15, -0.1) is 0 Å². The third-order valence-corrected chi connectivity index (χ3v) is 5.20. The zero-order chi connectivity index (χ0) is 17.0. The van der Waals surface area contributed by atoms with Crippen LogP contribution >= 0.6 is 0 Å². The quantitative estimate of drug-likeness (QED) is 0.821. The van der Waals surface area contributed by atoms with Crippen LogP contribution in [0.2, 0.25) is 0 Å². The lowest BCUT2D eigenvalue weighted by atomic mass is 10.0. The van der Waals surface area contributed by atoms with E-state index in [9.17, 15) is 18.0 Å². The Labute approximate surface area is 135 Å². The molecule has 0 heterocycles. The van der Waals surface area contributed by atoms with Gasteiger partial charge < -0.3 is 5.73 Å². The Morgan fingerprint density at radius 2 is 1.52 bits per heavy atom. The first-order valence-electron chi connectivity index (χ1n) is 7.03. The van der Waals surface area contributed by atoms with Crippen molar-refractivity contribution in [2.75, 3.05) is 5.75 Å². The van der Waals surface area contributed by atoms with Gasteiger partial charge in [-0.2, -0.15) is 0 Å². The second-order valence-electron chi connectivity index (χ2n) is 5.21. The van der Waals surface area contributed by atoms with E-state index in [4.69, 9.17) is 5.73 Å². The third kappa shape index (κ3) is 4.04. The number of primary amides is 1. The minimum Gasteiger partial charge on any atom is -0.366 e. The largest absolute Gasteiger partial charge is 0.366 e. The molecule has 23 heavy (non-hydrogen) atoms. The summed E-state index contributed by atoms with van der Waals surface area (Å²) in [5, 5.41) is 0. The highest BCUT2D eigenvalue weighted by Crippen LogP contribution is 2.16. The molecular formula is C17H17NO4S. The predicted octanol–water partition coefficient (Wildman–Crippen LogP) is 2.14. The number of hydrogen-bond donors (Lipinski definition) is 1. The molecule has 0 aliphatic heterocycles. The highest BCUT2D eigenvalue weighted by Gasteiger charge is 2.19. The molecule has 1 amide bonds. The molecule has 2 N–H and O–H groups in total. The maximum atomic E-state index is 12.3. The molecule has 0 aliphatic rings. The number of hydrogen-bond acceptors (Lipinski definition) is 4. The molecule has 5 nitrogen and oxygen atoms in total. The van der Waals surface area contributed by atoms with Crippen LogP contribution in [0.25, 0.3) is 0 Å². The molecule has 0 aromatic heterocycles. The normalized spacial score (nSPS) is 11.2. The summed E-state index contributed by atoms with van der Waals surface area (Å²) in [5.41, 5.74) is 6.44. The number of sulfone groups is 1. The van der Waals surface area contributed by atoms with Crippen LogP contribution in [-0.4, -0.2) is 25.9 Å². The van der Waals surface area contributed by atoms with Crippen LogP contribution in [0, 0.1) is 6.92 Å². The predicted molar refractivity (Wildman–Crippen MR) is 87.1 cm³/mol. The number of carbonyl (C=O) groups is 2. The van der Waals surface area contributed by atoms with Crippen LogP contribution in [0.3, 0.4) is 0 Å². The van der Waals surface area contributed by atoms with Gasteiger partial charge in [0.1, 0.15) is 0 Å². The van der Waals surface area contributed by atoms with Gasteiger partial charge in [0, 0.05) is 17.5 Å². The molecule has 2 aromatic carbocycles. The first-order valence-corrected chi connectivity index (χ1v) is 8.68. The Bertz CT molecular complexity index is 839. The van der Waals surface area contributed by atoms with E-state index in [1.165, 1.54) is 24.3 Å². The summed E-state index contributed by atoms with van der Waals surface area (Å²) in [4.78, 5) is 23.7. The first-order chi connectivity index (χ1) is 10.8. The number of nitrogens with two attached hydrogens (primary N) is 1. The van der Waals surface area contributed by atoms with E-state index < -0.39 is 21.5 Å². The van der Waals surface area contributed by atoms with E-state index in [0.29, 0.717) is 0 Å². The van der Waals surface area contributed by atoms with Crippen molar-refractivity contribution in [1.29, 1.82) is 0 Å². The van der Waals surface area contributed by atoms with Gasteiger partial charge in [-0.05, 0) is 25.1 Å². The molecule has 0 radical (unpaired) electrons. The topological polar surface area (TPSA) is 94.3 Å². The van der Waals surface area contributed by atoms with E-state index in [2.05, 4.69) is 0 Å². The number of amides is 1. The van der Waals surface area contributed by atoms with Crippen molar-refractivity contribution >= 4 is 21.5 Å². The van der Waals surface area contributed by atoms with Crippen LogP contribution in [-0.2, 0) is 9.84 Å². The summed E-state index contributed by atoms with van der Waals surface area (Å²) in [7, 11) is -3.55. The van der Waals surface area contributed by atoms with Gasteiger partial charge in [0.05, 0.1) is 10.6 Å². The molecular weight excluding hydrogens is 314 g/mol. The maximum Gasteiger partial charge on any atom is 0.249 e.